The minimum absolute atomic E-state index is 0.162. The van der Waals surface area contributed by atoms with Crippen molar-refractivity contribution in [3.05, 3.63) is 66.7 Å². The Balaban J connectivity index is 2.12. The van der Waals surface area contributed by atoms with Gasteiger partial charge in [-0.15, -0.1) is 0 Å². The lowest BCUT2D eigenvalue weighted by atomic mass is 9.94. The first-order valence-electron chi connectivity index (χ1n) is 7.67. The third-order valence-electron chi connectivity index (χ3n) is 4.01. The Morgan fingerprint density at radius 3 is 2.00 bits per heavy atom. The molecule has 0 aliphatic rings. The number of phenols is 1. The summed E-state index contributed by atoms with van der Waals surface area (Å²) in [5.41, 5.74) is 3.19. The molecule has 0 spiro atoms. The van der Waals surface area contributed by atoms with E-state index in [1.165, 1.54) is 6.26 Å². The van der Waals surface area contributed by atoms with Crippen molar-refractivity contribution in [2.24, 2.45) is 0 Å². The smallest absolute Gasteiger partial charge is 0.175 e. The third kappa shape index (κ3) is 3.51. The van der Waals surface area contributed by atoms with Gasteiger partial charge in [-0.3, -0.25) is 0 Å². The molecule has 0 radical (unpaired) electrons. The van der Waals surface area contributed by atoms with E-state index in [-0.39, 0.29) is 10.6 Å². The van der Waals surface area contributed by atoms with Gasteiger partial charge in [-0.05, 0) is 47.0 Å². The van der Waals surface area contributed by atoms with Crippen LogP contribution in [0.25, 0.3) is 22.3 Å². The molecule has 0 aliphatic carbocycles. The van der Waals surface area contributed by atoms with Crippen LogP contribution in [0.3, 0.4) is 0 Å². The molecule has 5 heteroatoms. The highest BCUT2D eigenvalue weighted by atomic mass is 32.2. The summed E-state index contributed by atoms with van der Waals surface area (Å²) in [5, 5.41) is 10.4. The molecule has 4 nitrogen and oxygen atoms in total. The van der Waals surface area contributed by atoms with Crippen LogP contribution in [0, 0.1) is 0 Å². The average molecular weight is 354 g/mol. The SMILES string of the molecule is COc1ccc(-c2c(O)cccc2-c2ccc(S(C)(=O)=O)cc2)cc1. The molecule has 0 atom stereocenters. The number of hydrogen-bond acceptors (Lipinski definition) is 4. The second kappa shape index (κ2) is 6.61. The van der Waals surface area contributed by atoms with Gasteiger partial charge in [0, 0.05) is 11.8 Å². The molecule has 25 heavy (non-hydrogen) atoms. The third-order valence-corrected chi connectivity index (χ3v) is 5.14. The molecule has 3 rings (SSSR count). The molecule has 0 saturated heterocycles. The highest BCUT2D eigenvalue weighted by molar-refractivity contribution is 7.90. The number of ether oxygens (including phenoxy) is 1. The Bertz CT molecular complexity index is 989. The first kappa shape index (κ1) is 17.0. The van der Waals surface area contributed by atoms with Gasteiger partial charge in [0.15, 0.2) is 9.84 Å². The van der Waals surface area contributed by atoms with Crippen LogP contribution in [0.15, 0.2) is 71.6 Å². The standard InChI is InChI=1S/C20H18O4S/c1-24-16-10-6-15(7-11-16)20-18(4-3-5-19(20)21)14-8-12-17(13-9-14)25(2,22)23/h3-13,21H,1-2H3. The zero-order valence-electron chi connectivity index (χ0n) is 13.9. The topological polar surface area (TPSA) is 63.6 Å². The molecule has 0 amide bonds. The second-order valence-electron chi connectivity index (χ2n) is 5.72. The average Bonchev–Trinajstić information content (AvgIpc) is 2.61. The number of methoxy groups -OCH3 is 1. The molecule has 3 aromatic carbocycles. The van der Waals surface area contributed by atoms with E-state index in [0.717, 1.165) is 22.4 Å². The van der Waals surface area contributed by atoms with Gasteiger partial charge in [0.25, 0.3) is 0 Å². The van der Waals surface area contributed by atoms with Gasteiger partial charge in [0.1, 0.15) is 11.5 Å². The summed E-state index contributed by atoms with van der Waals surface area (Å²) in [5.74, 6) is 0.896. The lowest BCUT2D eigenvalue weighted by Crippen LogP contribution is -1.96. The summed E-state index contributed by atoms with van der Waals surface area (Å²) < 4.78 is 28.4. The second-order valence-corrected chi connectivity index (χ2v) is 7.74. The summed E-state index contributed by atoms with van der Waals surface area (Å²) in [6.45, 7) is 0. The zero-order chi connectivity index (χ0) is 18.0. The van der Waals surface area contributed by atoms with Crippen molar-refractivity contribution in [2.75, 3.05) is 13.4 Å². The Morgan fingerprint density at radius 2 is 1.44 bits per heavy atom. The first-order chi connectivity index (χ1) is 11.9. The van der Waals surface area contributed by atoms with Crippen LogP contribution in [0.5, 0.6) is 11.5 Å². The number of rotatable bonds is 4. The van der Waals surface area contributed by atoms with E-state index in [9.17, 15) is 13.5 Å². The van der Waals surface area contributed by atoms with Crippen molar-refractivity contribution in [1.29, 1.82) is 0 Å². The zero-order valence-corrected chi connectivity index (χ0v) is 14.7. The van der Waals surface area contributed by atoms with E-state index < -0.39 is 9.84 Å². The van der Waals surface area contributed by atoms with Gasteiger partial charge in [0.2, 0.25) is 0 Å². The van der Waals surface area contributed by atoms with Crippen molar-refractivity contribution in [3.8, 4) is 33.8 Å². The minimum atomic E-state index is -3.24. The summed E-state index contributed by atoms with van der Waals surface area (Å²) >= 11 is 0. The highest BCUT2D eigenvalue weighted by Crippen LogP contribution is 2.39. The van der Waals surface area contributed by atoms with Crippen LogP contribution in [0.2, 0.25) is 0 Å². The first-order valence-corrected chi connectivity index (χ1v) is 9.56. The molecule has 0 heterocycles. The molecule has 0 aromatic heterocycles. The van der Waals surface area contributed by atoms with Crippen molar-refractivity contribution in [2.45, 2.75) is 4.90 Å². The quantitative estimate of drug-likeness (QED) is 0.765. The van der Waals surface area contributed by atoms with Gasteiger partial charge >= 0.3 is 0 Å². The van der Waals surface area contributed by atoms with E-state index in [1.807, 2.05) is 30.3 Å². The number of sulfone groups is 1. The van der Waals surface area contributed by atoms with E-state index in [0.29, 0.717) is 5.56 Å². The van der Waals surface area contributed by atoms with Gasteiger partial charge in [-0.25, -0.2) is 8.42 Å². The highest BCUT2D eigenvalue weighted by Gasteiger charge is 2.13. The number of aromatic hydroxyl groups is 1. The van der Waals surface area contributed by atoms with Crippen molar-refractivity contribution in [3.63, 3.8) is 0 Å². The Kier molecular flexibility index (Phi) is 4.51. The molecular formula is C20H18O4S. The summed E-state index contributed by atoms with van der Waals surface area (Å²) in [6.07, 6.45) is 1.18. The van der Waals surface area contributed by atoms with Gasteiger partial charge in [-0.2, -0.15) is 0 Å². The van der Waals surface area contributed by atoms with Crippen LogP contribution in [-0.2, 0) is 9.84 Å². The van der Waals surface area contributed by atoms with Crippen LogP contribution >= 0.6 is 0 Å². The maximum Gasteiger partial charge on any atom is 0.175 e. The maximum atomic E-state index is 11.6. The molecule has 3 aromatic rings. The Morgan fingerprint density at radius 1 is 0.840 bits per heavy atom. The van der Waals surface area contributed by atoms with Crippen molar-refractivity contribution in [1.82, 2.24) is 0 Å². The fourth-order valence-electron chi connectivity index (χ4n) is 2.72. The lowest BCUT2D eigenvalue weighted by molar-refractivity contribution is 0.415. The normalized spacial score (nSPS) is 11.3. The predicted octanol–water partition coefficient (Wildman–Crippen LogP) is 4.14. The van der Waals surface area contributed by atoms with Gasteiger partial charge in [-0.1, -0.05) is 36.4 Å². The van der Waals surface area contributed by atoms with Crippen molar-refractivity contribution >= 4 is 9.84 Å². The predicted molar refractivity (Wildman–Crippen MR) is 98.6 cm³/mol. The molecule has 0 fully saturated rings. The number of phenolic OH excluding ortho intramolecular Hbond substituents is 1. The largest absolute Gasteiger partial charge is 0.507 e. The van der Waals surface area contributed by atoms with E-state index in [2.05, 4.69) is 0 Å². The van der Waals surface area contributed by atoms with E-state index >= 15 is 0 Å². The summed E-state index contributed by atoms with van der Waals surface area (Å²) in [4.78, 5) is 0.266. The number of benzene rings is 3. The van der Waals surface area contributed by atoms with E-state index in [1.54, 1.807) is 43.5 Å². The van der Waals surface area contributed by atoms with Crippen molar-refractivity contribution < 1.29 is 18.3 Å². The fraction of sp³-hybridized carbons (Fsp3) is 0.100. The fourth-order valence-corrected chi connectivity index (χ4v) is 3.35. The maximum absolute atomic E-state index is 11.6. The summed E-state index contributed by atoms with van der Waals surface area (Å²) in [7, 11) is -1.64. The monoisotopic (exact) mass is 354 g/mol. The molecule has 0 bridgehead atoms. The Hall–Kier alpha value is -2.79. The number of hydrogen-bond donors (Lipinski definition) is 1. The summed E-state index contributed by atoms with van der Waals surface area (Å²) in [6, 6.07) is 19.4. The lowest BCUT2D eigenvalue weighted by Gasteiger charge is -2.13. The minimum Gasteiger partial charge on any atom is -0.507 e. The molecule has 0 aliphatic heterocycles. The molecule has 1 N–H and O–H groups in total. The van der Waals surface area contributed by atoms with Crippen LogP contribution < -0.4 is 4.74 Å². The van der Waals surface area contributed by atoms with Gasteiger partial charge < -0.3 is 9.84 Å². The van der Waals surface area contributed by atoms with E-state index in [4.69, 9.17) is 4.74 Å². The van der Waals surface area contributed by atoms with Crippen LogP contribution in [0.1, 0.15) is 0 Å². The Labute approximate surface area is 147 Å². The molecular weight excluding hydrogens is 336 g/mol. The molecule has 128 valence electrons. The molecule has 0 unspecified atom stereocenters. The van der Waals surface area contributed by atoms with Crippen LogP contribution in [-0.4, -0.2) is 26.9 Å². The van der Waals surface area contributed by atoms with Crippen LogP contribution in [0.4, 0.5) is 0 Å². The van der Waals surface area contributed by atoms with Gasteiger partial charge in [0.05, 0.1) is 12.0 Å². The molecule has 0 saturated carbocycles.